The second-order valence-electron chi connectivity index (χ2n) is 3.64. The average molecular weight is 207 g/mol. The van der Waals surface area contributed by atoms with Gasteiger partial charge < -0.3 is 9.84 Å². The van der Waals surface area contributed by atoms with E-state index >= 15 is 0 Å². The summed E-state index contributed by atoms with van der Waals surface area (Å²) in [4.78, 5) is 3.86. The van der Waals surface area contributed by atoms with Crippen LogP contribution in [0.15, 0.2) is 17.1 Å². The monoisotopic (exact) mass is 207 g/mol. The van der Waals surface area contributed by atoms with Crippen LogP contribution in [-0.2, 0) is 4.74 Å². The van der Waals surface area contributed by atoms with Crippen molar-refractivity contribution in [1.82, 2.24) is 0 Å². The standard InChI is InChI=1S/C12H17NO2/c1-8-5-9(2)10(3)11(6-8)7-13-12(14)15-4/h5-7,12,14H,1-4H3/t12-/m0/s1. The summed E-state index contributed by atoms with van der Waals surface area (Å²) in [5.74, 6) is 0. The van der Waals surface area contributed by atoms with E-state index in [1.165, 1.54) is 23.8 Å². The normalized spacial score (nSPS) is 13.4. The van der Waals surface area contributed by atoms with Gasteiger partial charge in [-0.3, -0.25) is 0 Å². The van der Waals surface area contributed by atoms with Gasteiger partial charge in [-0.05, 0) is 37.5 Å². The van der Waals surface area contributed by atoms with Crippen molar-refractivity contribution in [2.24, 2.45) is 4.99 Å². The van der Waals surface area contributed by atoms with Gasteiger partial charge in [0.2, 0.25) is 0 Å². The highest BCUT2D eigenvalue weighted by Crippen LogP contribution is 2.14. The maximum atomic E-state index is 9.13. The van der Waals surface area contributed by atoms with Crippen molar-refractivity contribution in [2.75, 3.05) is 7.11 Å². The summed E-state index contributed by atoms with van der Waals surface area (Å²) in [6.45, 7) is 6.14. The van der Waals surface area contributed by atoms with Crippen LogP contribution >= 0.6 is 0 Å². The molecule has 0 amide bonds. The Morgan fingerprint density at radius 1 is 1.33 bits per heavy atom. The Morgan fingerprint density at radius 3 is 2.60 bits per heavy atom. The van der Waals surface area contributed by atoms with Crippen molar-refractivity contribution >= 4 is 6.21 Å². The first kappa shape index (κ1) is 11.9. The minimum atomic E-state index is -1.08. The van der Waals surface area contributed by atoms with Crippen molar-refractivity contribution in [3.8, 4) is 0 Å². The molecule has 0 aliphatic carbocycles. The minimum absolute atomic E-state index is 1.02. The van der Waals surface area contributed by atoms with E-state index in [9.17, 15) is 0 Å². The predicted molar refractivity (Wildman–Crippen MR) is 61.3 cm³/mol. The zero-order chi connectivity index (χ0) is 11.4. The van der Waals surface area contributed by atoms with E-state index in [0.717, 1.165) is 5.56 Å². The second-order valence-corrected chi connectivity index (χ2v) is 3.64. The molecule has 0 bridgehead atoms. The van der Waals surface area contributed by atoms with Gasteiger partial charge in [-0.25, -0.2) is 4.99 Å². The molecule has 0 radical (unpaired) electrons. The molecule has 0 aliphatic rings. The van der Waals surface area contributed by atoms with E-state index in [4.69, 9.17) is 5.11 Å². The lowest BCUT2D eigenvalue weighted by atomic mass is 10.0. The predicted octanol–water partition coefficient (Wildman–Crippen LogP) is 1.95. The van der Waals surface area contributed by atoms with Crippen LogP contribution in [0.4, 0.5) is 0 Å². The third-order valence-corrected chi connectivity index (χ3v) is 2.40. The van der Waals surface area contributed by atoms with E-state index in [1.807, 2.05) is 19.9 Å². The Bertz CT molecular complexity index is 372. The number of hydrogen-bond acceptors (Lipinski definition) is 3. The average Bonchev–Trinajstić information content (AvgIpc) is 2.20. The van der Waals surface area contributed by atoms with Crippen LogP contribution in [0.25, 0.3) is 0 Å². The van der Waals surface area contributed by atoms with Gasteiger partial charge in [0.1, 0.15) is 0 Å². The Kier molecular flexibility index (Phi) is 4.00. The summed E-state index contributed by atoms with van der Waals surface area (Å²) in [7, 11) is 1.41. The number of rotatable bonds is 3. The van der Waals surface area contributed by atoms with Crippen LogP contribution in [0.3, 0.4) is 0 Å². The van der Waals surface area contributed by atoms with Crippen LogP contribution < -0.4 is 0 Å². The van der Waals surface area contributed by atoms with Gasteiger partial charge in [0.05, 0.1) is 0 Å². The topological polar surface area (TPSA) is 41.8 Å². The maximum absolute atomic E-state index is 9.13. The van der Waals surface area contributed by atoms with E-state index in [1.54, 1.807) is 6.21 Å². The smallest absolute Gasteiger partial charge is 0.255 e. The number of methoxy groups -OCH3 is 1. The third-order valence-electron chi connectivity index (χ3n) is 2.40. The number of nitrogens with zero attached hydrogens (tertiary/aromatic N) is 1. The fourth-order valence-corrected chi connectivity index (χ4v) is 1.41. The molecule has 0 fully saturated rings. The van der Waals surface area contributed by atoms with Crippen molar-refractivity contribution in [3.05, 3.63) is 34.4 Å². The van der Waals surface area contributed by atoms with Gasteiger partial charge in [-0.15, -0.1) is 0 Å². The van der Waals surface area contributed by atoms with E-state index in [-0.39, 0.29) is 0 Å². The molecule has 1 rings (SSSR count). The zero-order valence-electron chi connectivity index (χ0n) is 9.61. The number of hydrogen-bond donors (Lipinski definition) is 1. The SMILES string of the molecule is CO[C@H](O)N=Cc1cc(C)cc(C)c1C. The number of aliphatic hydroxyl groups is 1. The summed E-state index contributed by atoms with van der Waals surface area (Å²) in [6, 6.07) is 4.16. The number of aliphatic imine (C=N–C) groups is 1. The van der Waals surface area contributed by atoms with Crippen molar-refractivity contribution in [3.63, 3.8) is 0 Å². The zero-order valence-corrected chi connectivity index (χ0v) is 9.61. The molecule has 1 aromatic carbocycles. The van der Waals surface area contributed by atoms with Crippen LogP contribution in [0.2, 0.25) is 0 Å². The highest BCUT2D eigenvalue weighted by Gasteiger charge is 2.01. The molecule has 0 heterocycles. The van der Waals surface area contributed by atoms with E-state index in [2.05, 4.69) is 22.7 Å². The Hall–Kier alpha value is -1.19. The summed E-state index contributed by atoms with van der Waals surface area (Å²) in [6.07, 6.45) is 0.564. The molecule has 82 valence electrons. The van der Waals surface area contributed by atoms with E-state index in [0.29, 0.717) is 0 Å². The lowest BCUT2D eigenvalue weighted by Gasteiger charge is -2.07. The summed E-state index contributed by atoms with van der Waals surface area (Å²) < 4.78 is 4.63. The first-order valence-electron chi connectivity index (χ1n) is 4.86. The maximum Gasteiger partial charge on any atom is 0.255 e. The third kappa shape index (κ3) is 3.15. The molecule has 0 aliphatic heterocycles. The molecule has 3 nitrogen and oxygen atoms in total. The van der Waals surface area contributed by atoms with E-state index < -0.39 is 6.41 Å². The fraction of sp³-hybridized carbons (Fsp3) is 0.417. The molecule has 1 N–H and O–H groups in total. The summed E-state index contributed by atoms with van der Waals surface area (Å²) in [5, 5.41) is 9.13. The Balaban J connectivity index is 2.99. The molecule has 0 aromatic heterocycles. The number of aliphatic hydroxyl groups excluding tert-OH is 1. The van der Waals surface area contributed by atoms with Crippen LogP contribution in [0.5, 0.6) is 0 Å². The molecule has 15 heavy (non-hydrogen) atoms. The fourth-order valence-electron chi connectivity index (χ4n) is 1.41. The lowest BCUT2D eigenvalue weighted by Crippen LogP contribution is -2.05. The number of aryl methyl sites for hydroxylation is 2. The highest BCUT2D eigenvalue weighted by molar-refractivity contribution is 5.82. The molecule has 1 atom stereocenters. The first-order valence-corrected chi connectivity index (χ1v) is 4.86. The van der Waals surface area contributed by atoms with Crippen molar-refractivity contribution in [1.29, 1.82) is 0 Å². The van der Waals surface area contributed by atoms with Crippen LogP contribution in [0, 0.1) is 20.8 Å². The molecule has 0 unspecified atom stereocenters. The molecule has 0 saturated heterocycles. The van der Waals surface area contributed by atoms with Gasteiger partial charge >= 0.3 is 0 Å². The quantitative estimate of drug-likeness (QED) is 0.608. The van der Waals surface area contributed by atoms with Gasteiger partial charge in [0, 0.05) is 13.3 Å². The van der Waals surface area contributed by atoms with Crippen molar-refractivity contribution in [2.45, 2.75) is 27.2 Å². The van der Waals surface area contributed by atoms with Crippen LogP contribution in [0.1, 0.15) is 22.3 Å². The van der Waals surface area contributed by atoms with Crippen molar-refractivity contribution < 1.29 is 9.84 Å². The molecule has 1 aromatic rings. The number of ether oxygens (including phenoxy) is 1. The van der Waals surface area contributed by atoms with Gasteiger partial charge in [-0.2, -0.15) is 0 Å². The van der Waals surface area contributed by atoms with Gasteiger partial charge in [0.25, 0.3) is 6.41 Å². The molecular formula is C12H17NO2. The summed E-state index contributed by atoms with van der Waals surface area (Å²) >= 11 is 0. The molecule has 0 saturated carbocycles. The largest absolute Gasteiger partial charge is 0.350 e. The molecule has 3 heteroatoms. The van der Waals surface area contributed by atoms with Gasteiger partial charge in [-0.1, -0.05) is 17.7 Å². The highest BCUT2D eigenvalue weighted by atomic mass is 16.6. The first-order chi connectivity index (χ1) is 7.04. The Labute approximate surface area is 90.4 Å². The number of benzene rings is 1. The molecular weight excluding hydrogens is 190 g/mol. The lowest BCUT2D eigenvalue weighted by molar-refractivity contribution is -0.0653. The Morgan fingerprint density at radius 2 is 2.00 bits per heavy atom. The molecule has 0 spiro atoms. The summed E-state index contributed by atoms with van der Waals surface area (Å²) in [5.41, 5.74) is 4.60. The van der Waals surface area contributed by atoms with Crippen LogP contribution in [-0.4, -0.2) is 24.8 Å². The second kappa shape index (κ2) is 5.05. The minimum Gasteiger partial charge on any atom is -0.350 e. The van der Waals surface area contributed by atoms with Gasteiger partial charge in [0.15, 0.2) is 0 Å².